The third-order valence-corrected chi connectivity index (χ3v) is 5.54. The van der Waals surface area contributed by atoms with Crippen molar-refractivity contribution in [3.63, 3.8) is 0 Å². The zero-order valence-corrected chi connectivity index (χ0v) is 17.4. The minimum atomic E-state index is -0.0761. The Hall–Kier alpha value is -3.51. The lowest BCUT2D eigenvalue weighted by Crippen LogP contribution is -2.19. The number of ether oxygens (including phenoxy) is 2. The third-order valence-electron chi connectivity index (χ3n) is 5.54. The zero-order valence-electron chi connectivity index (χ0n) is 17.4. The van der Waals surface area contributed by atoms with Crippen molar-refractivity contribution in [3.05, 3.63) is 72.3 Å². The number of benzene rings is 2. The highest BCUT2D eigenvalue weighted by molar-refractivity contribution is 5.89. The third kappa shape index (κ3) is 3.94. The fraction of sp³-hybridized carbons (Fsp3) is 0.240. The minimum Gasteiger partial charge on any atom is -0.497 e. The van der Waals surface area contributed by atoms with Crippen molar-refractivity contribution in [3.8, 4) is 17.0 Å². The first-order valence-electron chi connectivity index (χ1n) is 10.6. The highest BCUT2D eigenvalue weighted by Gasteiger charge is 2.24. The quantitative estimate of drug-likeness (QED) is 0.441. The van der Waals surface area contributed by atoms with Crippen LogP contribution in [-0.4, -0.2) is 33.2 Å². The summed E-state index contributed by atoms with van der Waals surface area (Å²) < 4.78 is 13.5. The number of imidazole rings is 1. The molecule has 0 spiro atoms. The molecule has 5 rings (SSSR count). The summed E-state index contributed by atoms with van der Waals surface area (Å²) in [4.78, 5) is 14.1. The Bertz CT molecular complexity index is 1190. The summed E-state index contributed by atoms with van der Waals surface area (Å²) in [7, 11) is 1.66. The Kier molecular flexibility index (Phi) is 5.46. The smallest absolute Gasteiger partial charge is 0.166 e. The van der Waals surface area contributed by atoms with E-state index in [1.165, 1.54) is 0 Å². The SMILES string of the molecule is COc1ccc(-c2ncnc3c2nc(/C=C/c2ccccc2)n3C2CCCCO2)cc1. The molecule has 1 fully saturated rings. The van der Waals surface area contributed by atoms with Crippen LogP contribution in [0.1, 0.15) is 36.9 Å². The molecule has 3 heterocycles. The van der Waals surface area contributed by atoms with E-state index in [1.54, 1.807) is 13.4 Å². The van der Waals surface area contributed by atoms with E-state index in [0.29, 0.717) is 0 Å². The van der Waals surface area contributed by atoms with Crippen molar-refractivity contribution in [2.45, 2.75) is 25.5 Å². The van der Waals surface area contributed by atoms with Gasteiger partial charge < -0.3 is 9.47 Å². The van der Waals surface area contributed by atoms with E-state index in [9.17, 15) is 0 Å². The van der Waals surface area contributed by atoms with E-state index < -0.39 is 0 Å². The van der Waals surface area contributed by atoms with E-state index in [0.717, 1.165) is 65.4 Å². The monoisotopic (exact) mass is 412 g/mol. The Labute approximate surface area is 181 Å². The number of fused-ring (bicyclic) bond motifs is 1. The number of methoxy groups -OCH3 is 1. The molecule has 0 aliphatic carbocycles. The van der Waals surface area contributed by atoms with Crippen molar-refractivity contribution in [2.24, 2.45) is 0 Å². The number of aromatic nitrogens is 4. The summed E-state index contributed by atoms with van der Waals surface area (Å²) in [5.41, 5.74) is 4.46. The summed E-state index contributed by atoms with van der Waals surface area (Å²) in [6.07, 6.45) is 8.79. The lowest BCUT2D eigenvalue weighted by molar-refractivity contribution is -0.0301. The molecule has 0 radical (unpaired) electrons. The molecule has 31 heavy (non-hydrogen) atoms. The van der Waals surface area contributed by atoms with Crippen molar-refractivity contribution < 1.29 is 9.47 Å². The molecule has 0 N–H and O–H groups in total. The lowest BCUT2D eigenvalue weighted by Gasteiger charge is -2.25. The zero-order chi connectivity index (χ0) is 21.0. The predicted octanol–water partition coefficient (Wildman–Crippen LogP) is 5.37. The second-order valence-electron chi connectivity index (χ2n) is 7.53. The van der Waals surface area contributed by atoms with Gasteiger partial charge >= 0.3 is 0 Å². The number of nitrogens with zero attached hydrogens (tertiary/aromatic N) is 4. The second-order valence-corrected chi connectivity index (χ2v) is 7.53. The largest absolute Gasteiger partial charge is 0.497 e. The topological polar surface area (TPSA) is 62.1 Å². The van der Waals surface area contributed by atoms with Gasteiger partial charge in [-0.25, -0.2) is 15.0 Å². The lowest BCUT2D eigenvalue weighted by atomic mass is 10.1. The molecular formula is C25H24N4O2. The minimum absolute atomic E-state index is 0.0761. The van der Waals surface area contributed by atoms with Crippen molar-refractivity contribution in [2.75, 3.05) is 13.7 Å². The van der Waals surface area contributed by atoms with E-state index in [4.69, 9.17) is 14.5 Å². The Morgan fingerprint density at radius 3 is 2.58 bits per heavy atom. The van der Waals surface area contributed by atoms with Crippen LogP contribution >= 0.6 is 0 Å². The summed E-state index contributed by atoms with van der Waals surface area (Å²) in [6.45, 7) is 0.753. The van der Waals surface area contributed by atoms with Crippen molar-refractivity contribution >= 4 is 23.3 Å². The van der Waals surface area contributed by atoms with Gasteiger partial charge in [-0.3, -0.25) is 4.57 Å². The maximum Gasteiger partial charge on any atom is 0.166 e. The molecule has 2 aromatic heterocycles. The first-order valence-corrected chi connectivity index (χ1v) is 10.6. The molecule has 0 amide bonds. The maximum atomic E-state index is 6.11. The van der Waals surface area contributed by atoms with Gasteiger partial charge in [-0.1, -0.05) is 36.4 Å². The molecule has 2 aromatic carbocycles. The van der Waals surface area contributed by atoms with Crippen LogP contribution in [0, 0.1) is 0 Å². The van der Waals surface area contributed by atoms with Gasteiger partial charge in [0, 0.05) is 12.2 Å². The Balaban J connectivity index is 1.64. The van der Waals surface area contributed by atoms with Crippen LogP contribution in [0.3, 0.4) is 0 Å². The Morgan fingerprint density at radius 2 is 1.84 bits per heavy atom. The fourth-order valence-corrected chi connectivity index (χ4v) is 3.95. The van der Waals surface area contributed by atoms with Crippen LogP contribution in [0.2, 0.25) is 0 Å². The molecule has 4 aromatic rings. The molecule has 6 nitrogen and oxygen atoms in total. The molecule has 1 aliphatic rings. The Morgan fingerprint density at radius 1 is 1.00 bits per heavy atom. The van der Waals surface area contributed by atoms with Crippen LogP contribution < -0.4 is 4.74 Å². The van der Waals surface area contributed by atoms with Gasteiger partial charge in [0.15, 0.2) is 5.65 Å². The highest BCUT2D eigenvalue weighted by atomic mass is 16.5. The van der Waals surface area contributed by atoms with E-state index >= 15 is 0 Å². The molecule has 1 atom stereocenters. The van der Waals surface area contributed by atoms with Crippen LogP contribution in [0.5, 0.6) is 5.75 Å². The van der Waals surface area contributed by atoms with Crippen molar-refractivity contribution in [1.82, 2.24) is 19.5 Å². The van der Waals surface area contributed by atoms with Crippen molar-refractivity contribution in [1.29, 1.82) is 0 Å². The number of hydrogen-bond acceptors (Lipinski definition) is 5. The molecule has 1 aliphatic heterocycles. The predicted molar refractivity (Wildman–Crippen MR) is 122 cm³/mol. The standard InChI is InChI=1S/C25H24N4O2/c1-30-20-13-11-19(12-14-20)23-24-25(27-17-26-23)29(22-9-5-6-16-31-22)21(28-24)15-10-18-7-3-2-4-8-18/h2-4,7-8,10-15,17,22H,5-6,9,16H2,1H3/b15-10+. The fourth-order valence-electron chi connectivity index (χ4n) is 3.95. The molecule has 1 saturated heterocycles. The highest BCUT2D eigenvalue weighted by Crippen LogP contribution is 2.32. The molecule has 0 bridgehead atoms. The molecular weight excluding hydrogens is 388 g/mol. The molecule has 156 valence electrons. The molecule has 6 heteroatoms. The summed E-state index contributed by atoms with van der Waals surface area (Å²) in [5, 5.41) is 0. The van der Waals surface area contributed by atoms with E-state index in [2.05, 4.69) is 32.7 Å². The van der Waals surface area contributed by atoms with Gasteiger partial charge in [0.05, 0.1) is 7.11 Å². The molecule has 1 unspecified atom stereocenters. The number of hydrogen-bond donors (Lipinski definition) is 0. The van der Waals surface area contributed by atoms with E-state index in [1.807, 2.05) is 48.5 Å². The summed E-state index contributed by atoms with van der Waals surface area (Å²) >= 11 is 0. The number of rotatable bonds is 5. The van der Waals surface area contributed by atoms with Gasteiger partial charge in [0.2, 0.25) is 0 Å². The second kappa shape index (κ2) is 8.70. The van der Waals surface area contributed by atoms with Crippen LogP contribution in [-0.2, 0) is 4.74 Å². The van der Waals surface area contributed by atoms with Gasteiger partial charge in [0.1, 0.15) is 35.3 Å². The van der Waals surface area contributed by atoms with Gasteiger partial charge in [-0.2, -0.15) is 0 Å². The summed E-state index contributed by atoms with van der Waals surface area (Å²) in [6, 6.07) is 18.1. The van der Waals surface area contributed by atoms with Gasteiger partial charge in [-0.05, 0) is 55.2 Å². The average Bonchev–Trinajstić information content (AvgIpc) is 3.22. The first kappa shape index (κ1) is 19.5. The van der Waals surface area contributed by atoms with E-state index in [-0.39, 0.29) is 6.23 Å². The molecule has 0 saturated carbocycles. The van der Waals surface area contributed by atoms with Gasteiger partial charge in [0.25, 0.3) is 0 Å². The van der Waals surface area contributed by atoms with Crippen LogP contribution in [0.4, 0.5) is 0 Å². The average molecular weight is 412 g/mol. The maximum absolute atomic E-state index is 6.11. The van der Waals surface area contributed by atoms with Crippen LogP contribution in [0.15, 0.2) is 60.9 Å². The summed E-state index contributed by atoms with van der Waals surface area (Å²) in [5.74, 6) is 1.63. The normalized spacial score (nSPS) is 16.7. The van der Waals surface area contributed by atoms with Gasteiger partial charge in [-0.15, -0.1) is 0 Å². The van der Waals surface area contributed by atoms with Crippen LogP contribution in [0.25, 0.3) is 34.6 Å². The first-order chi connectivity index (χ1) is 15.3.